The molecule has 1 aliphatic rings. The van der Waals surface area contributed by atoms with Crippen LogP contribution in [0.3, 0.4) is 0 Å². The maximum atomic E-state index is 11.4. The average molecular weight is 411 g/mol. The van der Waals surface area contributed by atoms with Crippen molar-refractivity contribution in [1.29, 1.82) is 0 Å². The van der Waals surface area contributed by atoms with Crippen LogP contribution in [0.2, 0.25) is 0 Å². The fraction of sp³-hybridized carbons (Fsp3) is 0.500. The number of phosphoric acid groups is 2. The third-order valence-corrected chi connectivity index (χ3v) is 5.61. The van der Waals surface area contributed by atoms with Crippen molar-refractivity contribution >= 4 is 32.6 Å². The summed E-state index contributed by atoms with van der Waals surface area (Å²) < 4.78 is 37.2. The molecule has 1 unspecified atom stereocenters. The molecule has 26 heavy (non-hydrogen) atoms. The molecule has 3 rings (SSSR count). The highest BCUT2D eigenvalue weighted by atomic mass is 31.3. The maximum Gasteiger partial charge on any atom is 0.481 e. The molecule has 3 heterocycles. The Labute approximate surface area is 145 Å². The smallest absolute Gasteiger partial charge is 0.388 e. The molecule has 0 bridgehead atoms. The van der Waals surface area contributed by atoms with Gasteiger partial charge in [0.25, 0.3) is 0 Å². The van der Waals surface area contributed by atoms with E-state index in [9.17, 15) is 19.1 Å². The van der Waals surface area contributed by atoms with Crippen LogP contribution in [0.5, 0.6) is 0 Å². The fourth-order valence-electron chi connectivity index (χ4n) is 2.48. The van der Waals surface area contributed by atoms with E-state index in [-0.39, 0.29) is 12.2 Å². The lowest BCUT2D eigenvalue weighted by Gasteiger charge is -2.17. The van der Waals surface area contributed by atoms with Gasteiger partial charge in [-0.15, -0.1) is 0 Å². The average Bonchev–Trinajstić information content (AvgIpc) is 3.07. The van der Waals surface area contributed by atoms with E-state index in [4.69, 9.17) is 20.3 Å². The summed E-state index contributed by atoms with van der Waals surface area (Å²) in [6, 6.07) is 0. The van der Waals surface area contributed by atoms with E-state index in [1.807, 2.05) is 0 Å². The molecule has 2 aromatic heterocycles. The first-order valence-electron chi connectivity index (χ1n) is 7.06. The zero-order valence-corrected chi connectivity index (χ0v) is 14.7. The Bertz CT molecular complexity index is 900. The summed E-state index contributed by atoms with van der Waals surface area (Å²) in [6.07, 6.45) is -0.227. The predicted molar refractivity (Wildman–Crippen MR) is 83.2 cm³/mol. The van der Waals surface area contributed by atoms with Gasteiger partial charge < -0.3 is 30.3 Å². The molecule has 0 radical (unpaired) electrons. The van der Waals surface area contributed by atoms with Crippen LogP contribution in [-0.4, -0.2) is 58.1 Å². The van der Waals surface area contributed by atoms with Crippen LogP contribution in [0.4, 0.5) is 5.82 Å². The molecule has 4 atom stereocenters. The Hall–Kier alpha value is -1.47. The summed E-state index contributed by atoms with van der Waals surface area (Å²) in [5.74, 6) is 0.150. The van der Waals surface area contributed by atoms with Crippen molar-refractivity contribution in [3.8, 4) is 0 Å². The van der Waals surface area contributed by atoms with Crippen LogP contribution in [-0.2, 0) is 22.7 Å². The molecule has 0 aromatic carbocycles. The lowest BCUT2D eigenvalue weighted by Crippen LogP contribution is -2.19. The first-order chi connectivity index (χ1) is 12.1. The molecule has 1 saturated heterocycles. The highest BCUT2D eigenvalue weighted by Crippen LogP contribution is 2.57. The van der Waals surface area contributed by atoms with E-state index in [0.717, 1.165) is 0 Å². The van der Waals surface area contributed by atoms with Crippen molar-refractivity contribution in [3.63, 3.8) is 0 Å². The first-order valence-corrected chi connectivity index (χ1v) is 10.1. The van der Waals surface area contributed by atoms with Crippen molar-refractivity contribution in [3.05, 3.63) is 12.7 Å². The Morgan fingerprint density at radius 2 is 2.04 bits per heavy atom. The third-order valence-electron chi connectivity index (χ3n) is 3.46. The predicted octanol–water partition coefficient (Wildman–Crippen LogP) is -0.717. The second-order valence-electron chi connectivity index (χ2n) is 5.37. The lowest BCUT2D eigenvalue weighted by atomic mass is 10.2. The van der Waals surface area contributed by atoms with E-state index >= 15 is 0 Å². The fourth-order valence-corrected chi connectivity index (χ4v) is 4.10. The molecular weight excluding hydrogens is 396 g/mol. The molecule has 0 amide bonds. The number of nitrogens with two attached hydrogens (primary N) is 1. The Kier molecular flexibility index (Phi) is 5.14. The summed E-state index contributed by atoms with van der Waals surface area (Å²) in [5, 5.41) is 10.2. The number of aliphatic hydroxyl groups excluding tert-OH is 1. The number of nitrogen functional groups attached to an aromatic ring is 1. The topological polar surface area (TPSA) is 212 Å². The first kappa shape index (κ1) is 19.3. The van der Waals surface area contributed by atoms with Gasteiger partial charge in [-0.2, -0.15) is 4.31 Å². The highest BCUT2D eigenvalue weighted by molar-refractivity contribution is 7.60. The summed E-state index contributed by atoms with van der Waals surface area (Å²) >= 11 is 0. The summed E-state index contributed by atoms with van der Waals surface area (Å²) in [6.45, 7) is -0.551. The van der Waals surface area contributed by atoms with Gasteiger partial charge in [0.05, 0.1) is 19.0 Å². The molecule has 1 aliphatic heterocycles. The summed E-state index contributed by atoms with van der Waals surface area (Å²) in [4.78, 5) is 38.2. The number of hydrogen-bond acceptors (Lipinski definition) is 10. The minimum absolute atomic E-state index is 0.0147. The van der Waals surface area contributed by atoms with Crippen LogP contribution in [0.25, 0.3) is 11.2 Å². The van der Waals surface area contributed by atoms with Crippen LogP contribution < -0.4 is 5.73 Å². The van der Waals surface area contributed by atoms with E-state index in [1.54, 1.807) is 0 Å². The number of hydrogen-bond donors (Lipinski definition) is 5. The molecule has 14 nitrogen and oxygen atoms in total. The second-order valence-corrected chi connectivity index (χ2v) is 8.20. The van der Waals surface area contributed by atoms with Crippen LogP contribution >= 0.6 is 15.6 Å². The lowest BCUT2D eigenvalue weighted by molar-refractivity contribution is -0.0481. The number of rotatable bonds is 6. The number of nitrogens with zero attached hydrogens (tertiary/aromatic N) is 4. The molecule has 2 aromatic rings. The minimum atomic E-state index is -5.21. The van der Waals surface area contributed by atoms with Gasteiger partial charge in [0.15, 0.2) is 17.7 Å². The van der Waals surface area contributed by atoms with Gasteiger partial charge in [-0.1, -0.05) is 0 Å². The highest BCUT2D eigenvalue weighted by Gasteiger charge is 2.39. The normalized spacial score (nSPS) is 26.2. The van der Waals surface area contributed by atoms with Gasteiger partial charge in [0.2, 0.25) is 0 Å². The second kappa shape index (κ2) is 6.93. The maximum absolute atomic E-state index is 11.4. The number of phosphoric ester groups is 1. The van der Waals surface area contributed by atoms with Gasteiger partial charge >= 0.3 is 15.6 Å². The van der Waals surface area contributed by atoms with Crippen LogP contribution in [0, 0.1) is 0 Å². The zero-order chi connectivity index (χ0) is 19.1. The van der Waals surface area contributed by atoms with E-state index < -0.39 is 40.7 Å². The van der Waals surface area contributed by atoms with Gasteiger partial charge in [-0.05, 0) is 0 Å². The Balaban J connectivity index is 1.69. The minimum Gasteiger partial charge on any atom is -0.388 e. The van der Waals surface area contributed by atoms with E-state index in [2.05, 4.69) is 23.8 Å². The molecule has 144 valence electrons. The number of aromatic nitrogens is 4. The van der Waals surface area contributed by atoms with E-state index in [1.165, 1.54) is 17.2 Å². The van der Waals surface area contributed by atoms with Crippen molar-refractivity contribution in [2.45, 2.75) is 24.9 Å². The quantitative estimate of drug-likeness (QED) is 0.372. The molecular formula is C10H15N5O9P2. The van der Waals surface area contributed by atoms with Crippen LogP contribution in [0.15, 0.2) is 12.7 Å². The monoisotopic (exact) mass is 411 g/mol. The zero-order valence-electron chi connectivity index (χ0n) is 12.9. The van der Waals surface area contributed by atoms with E-state index in [0.29, 0.717) is 11.2 Å². The molecule has 0 spiro atoms. The molecule has 0 aliphatic carbocycles. The Morgan fingerprint density at radius 3 is 2.73 bits per heavy atom. The number of fused-ring (bicyclic) bond motifs is 1. The summed E-state index contributed by atoms with van der Waals surface area (Å²) in [5.41, 5.74) is 6.33. The van der Waals surface area contributed by atoms with Crippen molar-refractivity contribution in [2.75, 3.05) is 12.3 Å². The van der Waals surface area contributed by atoms with Crippen molar-refractivity contribution in [1.82, 2.24) is 19.5 Å². The number of aliphatic hydroxyl groups is 1. The summed E-state index contributed by atoms with van der Waals surface area (Å²) in [7, 11) is -10.2. The standard InChI is InChI=1S/C10H15N5O9P2/c11-8-7-9(13-3-12-8)15(4-14-7)10-6(16)1-5(23-10)2-22-26(20,21)24-25(17,18)19/h3-6,10,16H,1-2H2,(H,20,21)(H2,11,12,13)(H2,17,18,19)/t5-,6-,10+/m0/s1. The van der Waals surface area contributed by atoms with Gasteiger partial charge in [0, 0.05) is 6.42 Å². The number of anilines is 1. The van der Waals surface area contributed by atoms with Crippen molar-refractivity contribution in [2.24, 2.45) is 0 Å². The molecule has 0 saturated carbocycles. The number of ether oxygens (including phenoxy) is 1. The molecule has 16 heteroatoms. The van der Waals surface area contributed by atoms with Crippen molar-refractivity contribution < 1.29 is 42.5 Å². The van der Waals surface area contributed by atoms with Gasteiger partial charge in [-0.3, -0.25) is 9.09 Å². The Morgan fingerprint density at radius 1 is 1.31 bits per heavy atom. The van der Waals surface area contributed by atoms with Gasteiger partial charge in [-0.25, -0.2) is 24.1 Å². The SMILES string of the molecule is Nc1ncnc2c1ncn2[C@@H]1O[C@H](COP(=O)(O)OP(=O)(O)O)C[C@@H]1O. The molecule has 1 fully saturated rings. The third kappa shape index (κ3) is 4.26. The number of imidazole rings is 1. The van der Waals surface area contributed by atoms with Gasteiger partial charge in [0.1, 0.15) is 17.9 Å². The van der Waals surface area contributed by atoms with Crippen LogP contribution in [0.1, 0.15) is 12.6 Å². The largest absolute Gasteiger partial charge is 0.481 e. The molecule has 6 N–H and O–H groups in total.